The largest absolute Gasteiger partial charge is 0.497 e. The van der Waals surface area contributed by atoms with Gasteiger partial charge in [0.15, 0.2) is 11.5 Å². The molecular formula is C55H49N3O10. The van der Waals surface area contributed by atoms with Gasteiger partial charge in [0, 0.05) is 17.3 Å². The predicted octanol–water partition coefficient (Wildman–Crippen LogP) is 10.5. The average molecular weight is 912 g/mol. The second-order valence-corrected chi connectivity index (χ2v) is 15.9. The first-order chi connectivity index (χ1) is 33.5. The molecule has 68 heavy (non-hydrogen) atoms. The number of methoxy groups -OCH3 is 1. The maximum atomic E-state index is 13.6. The summed E-state index contributed by atoms with van der Waals surface area (Å²) < 4.78 is 49.6. The summed E-state index contributed by atoms with van der Waals surface area (Å²) >= 11 is 0. The van der Waals surface area contributed by atoms with Gasteiger partial charge in [-0.25, -0.2) is 4.68 Å². The molecule has 0 fully saturated rings. The van der Waals surface area contributed by atoms with Crippen LogP contribution in [0.15, 0.2) is 176 Å². The fourth-order valence-corrected chi connectivity index (χ4v) is 7.58. The highest BCUT2D eigenvalue weighted by atomic mass is 16.5. The van der Waals surface area contributed by atoms with Crippen LogP contribution in [-0.2, 0) is 30.9 Å². The monoisotopic (exact) mass is 911 g/mol. The zero-order chi connectivity index (χ0) is 46.5. The highest BCUT2D eigenvalue weighted by Gasteiger charge is 2.20. The van der Waals surface area contributed by atoms with E-state index in [1.165, 1.54) is 0 Å². The molecule has 0 saturated heterocycles. The molecule has 0 spiro atoms. The van der Waals surface area contributed by atoms with E-state index in [0.29, 0.717) is 94.8 Å². The second-order valence-electron chi connectivity index (χ2n) is 15.9. The number of rotatable bonds is 22. The first-order valence-electron chi connectivity index (χ1n) is 22.5. The molecule has 13 nitrogen and oxygen atoms in total. The van der Waals surface area contributed by atoms with E-state index in [4.69, 9.17) is 37.3 Å². The van der Waals surface area contributed by atoms with Crippen LogP contribution in [-0.4, -0.2) is 48.5 Å². The molecule has 13 heteroatoms. The lowest BCUT2D eigenvalue weighted by molar-refractivity contribution is 0.0923. The van der Waals surface area contributed by atoms with E-state index in [2.05, 4.69) is 10.3 Å². The van der Waals surface area contributed by atoms with Crippen molar-refractivity contribution in [2.75, 3.05) is 33.5 Å². The van der Waals surface area contributed by atoms with Crippen molar-refractivity contribution in [2.24, 2.45) is 0 Å². The molecule has 0 aliphatic carbocycles. The maximum Gasteiger partial charge on any atom is 0.235 e. The van der Waals surface area contributed by atoms with Crippen LogP contribution in [0.3, 0.4) is 0 Å². The van der Waals surface area contributed by atoms with Crippen LogP contribution in [0.1, 0.15) is 29.7 Å². The summed E-state index contributed by atoms with van der Waals surface area (Å²) in [4.78, 5) is 27.1. The fourth-order valence-electron chi connectivity index (χ4n) is 7.58. The Hall–Kier alpha value is -8.16. The molecule has 0 aliphatic heterocycles. The van der Waals surface area contributed by atoms with Crippen molar-refractivity contribution in [3.05, 3.63) is 195 Å². The quantitative estimate of drug-likeness (QED) is 0.0596. The topological polar surface area (TPSA) is 147 Å². The van der Waals surface area contributed by atoms with Crippen LogP contribution < -0.4 is 34.5 Å². The molecule has 3 aromatic heterocycles. The minimum Gasteiger partial charge on any atom is -0.497 e. The van der Waals surface area contributed by atoms with Gasteiger partial charge in [-0.05, 0) is 115 Å². The third-order valence-corrected chi connectivity index (χ3v) is 11.1. The van der Waals surface area contributed by atoms with Crippen LogP contribution >= 0.6 is 0 Å². The van der Waals surface area contributed by atoms with Crippen molar-refractivity contribution >= 4 is 21.9 Å². The molecule has 0 radical (unpaired) electrons. The summed E-state index contributed by atoms with van der Waals surface area (Å²) in [6.45, 7) is 2.69. The SMILES string of the molecule is COc1cccc(COc2c(-c3ccc(OCCCCc4cn(CCOCCOc5ccc(-c6oc7ccccc7c(=O)c6OCc6ccccc6)cc5)nn4)cc3)oc3ccccc3c2=O)c1. The molecule has 3 heterocycles. The van der Waals surface area contributed by atoms with Crippen molar-refractivity contribution in [3.63, 3.8) is 0 Å². The molecule has 0 unspecified atom stereocenters. The van der Waals surface area contributed by atoms with Gasteiger partial charge >= 0.3 is 0 Å². The Kier molecular flexibility index (Phi) is 14.5. The summed E-state index contributed by atoms with van der Waals surface area (Å²) in [7, 11) is 1.61. The Morgan fingerprint density at radius 2 is 1.10 bits per heavy atom. The number of unbranched alkanes of at least 4 members (excludes halogenated alkanes) is 1. The first-order valence-corrected chi connectivity index (χ1v) is 22.5. The van der Waals surface area contributed by atoms with Gasteiger partial charge in [-0.15, -0.1) is 5.10 Å². The Morgan fingerprint density at radius 3 is 1.74 bits per heavy atom. The Labute approximate surface area is 392 Å². The van der Waals surface area contributed by atoms with E-state index in [0.717, 1.165) is 36.1 Å². The number of ether oxygens (including phenoxy) is 6. The number of hydrogen-bond acceptors (Lipinski definition) is 12. The van der Waals surface area contributed by atoms with E-state index in [1.807, 2.05) is 128 Å². The highest BCUT2D eigenvalue weighted by Crippen LogP contribution is 2.34. The van der Waals surface area contributed by atoms with Crippen LogP contribution in [0, 0.1) is 0 Å². The number of aryl methyl sites for hydroxylation is 1. The predicted molar refractivity (Wildman–Crippen MR) is 259 cm³/mol. The smallest absolute Gasteiger partial charge is 0.235 e. The summed E-state index contributed by atoms with van der Waals surface area (Å²) in [6, 6.07) is 46.3. The van der Waals surface area contributed by atoms with E-state index in [9.17, 15) is 9.59 Å². The average Bonchev–Trinajstić information content (AvgIpc) is 3.84. The Bertz CT molecular complexity index is 3200. The molecular weight excluding hydrogens is 863 g/mol. The van der Waals surface area contributed by atoms with Gasteiger partial charge in [0.05, 0.1) is 49.9 Å². The highest BCUT2D eigenvalue weighted by molar-refractivity contribution is 5.83. The number of hydrogen-bond donors (Lipinski definition) is 0. The van der Waals surface area contributed by atoms with E-state index in [1.54, 1.807) is 42.1 Å². The van der Waals surface area contributed by atoms with Crippen molar-refractivity contribution < 1.29 is 37.3 Å². The standard InChI is InChI=1S/C55H49N3O10/c1-61-45-16-11-14-39(34-45)37-66-55-51(60)47-18-6-8-20-49(47)68-53(55)40-21-25-43(26-22-40)63-30-10-9-15-42-35-58(57-56-42)29-31-62-32-33-64-44-27-23-41(24-28-44)52-54(65-36-38-12-3-2-4-13-38)50(59)46-17-5-7-19-48(46)67-52/h2-8,11-14,16-28,34-35H,9-10,15,29-33,36-37H2,1H3. The molecule has 0 N–H and O–H groups in total. The number of benzene rings is 6. The van der Waals surface area contributed by atoms with Gasteiger partial charge in [-0.2, -0.15) is 0 Å². The Balaban J connectivity index is 0.695. The van der Waals surface area contributed by atoms with Gasteiger partial charge in [0.1, 0.15) is 48.2 Å². The molecule has 9 aromatic rings. The number of nitrogens with zero attached hydrogens (tertiary/aromatic N) is 3. The zero-order valence-electron chi connectivity index (χ0n) is 37.5. The fraction of sp³-hybridized carbons (Fsp3) is 0.200. The normalized spacial score (nSPS) is 11.2. The summed E-state index contributed by atoms with van der Waals surface area (Å²) in [5, 5.41) is 9.50. The van der Waals surface area contributed by atoms with Gasteiger partial charge in [0.25, 0.3) is 0 Å². The number of aromatic nitrogens is 3. The molecule has 344 valence electrons. The van der Waals surface area contributed by atoms with Crippen LogP contribution in [0.4, 0.5) is 0 Å². The van der Waals surface area contributed by atoms with E-state index in [-0.39, 0.29) is 35.6 Å². The first kappa shape index (κ1) is 45.0. The molecule has 9 rings (SSSR count). The van der Waals surface area contributed by atoms with Gasteiger partial charge < -0.3 is 37.3 Å². The van der Waals surface area contributed by atoms with Crippen molar-refractivity contribution in [1.82, 2.24) is 15.0 Å². The van der Waals surface area contributed by atoms with Gasteiger partial charge in [-0.3, -0.25) is 9.59 Å². The van der Waals surface area contributed by atoms with Crippen LogP contribution in [0.2, 0.25) is 0 Å². The maximum absolute atomic E-state index is 13.6. The third-order valence-electron chi connectivity index (χ3n) is 11.1. The molecule has 0 atom stereocenters. The lowest BCUT2D eigenvalue weighted by atomic mass is 10.1. The number of para-hydroxylation sites is 2. The zero-order valence-corrected chi connectivity index (χ0v) is 37.5. The van der Waals surface area contributed by atoms with Crippen LogP contribution in [0.5, 0.6) is 28.7 Å². The van der Waals surface area contributed by atoms with Crippen LogP contribution in [0.25, 0.3) is 44.6 Å². The minimum absolute atomic E-state index is 0.146. The van der Waals surface area contributed by atoms with Crippen molar-refractivity contribution in [1.29, 1.82) is 0 Å². The van der Waals surface area contributed by atoms with Gasteiger partial charge in [-0.1, -0.05) is 71.9 Å². The van der Waals surface area contributed by atoms with Crippen molar-refractivity contribution in [3.8, 4) is 51.4 Å². The summed E-state index contributed by atoms with van der Waals surface area (Å²) in [6.07, 6.45) is 4.41. The molecule has 0 aliphatic rings. The second kappa shape index (κ2) is 21.9. The van der Waals surface area contributed by atoms with E-state index < -0.39 is 0 Å². The third kappa shape index (κ3) is 11.1. The van der Waals surface area contributed by atoms with E-state index >= 15 is 0 Å². The van der Waals surface area contributed by atoms with Crippen molar-refractivity contribution in [2.45, 2.75) is 39.0 Å². The minimum atomic E-state index is -0.238. The number of fused-ring (bicyclic) bond motifs is 2. The Morgan fingerprint density at radius 1 is 0.529 bits per heavy atom. The molecule has 0 bridgehead atoms. The lowest BCUT2D eigenvalue weighted by Crippen LogP contribution is -2.12. The molecule has 6 aromatic carbocycles. The molecule has 0 amide bonds. The molecule has 0 saturated carbocycles. The summed E-state index contributed by atoms with van der Waals surface area (Å²) in [5.41, 5.74) is 4.61. The summed E-state index contributed by atoms with van der Waals surface area (Å²) in [5.74, 6) is 3.10. The lowest BCUT2D eigenvalue weighted by Gasteiger charge is -2.13. The van der Waals surface area contributed by atoms with Gasteiger partial charge in [0.2, 0.25) is 22.4 Å².